The van der Waals surface area contributed by atoms with Crippen LogP contribution in [0.5, 0.6) is 0 Å². The molecule has 1 aromatic carbocycles. The van der Waals surface area contributed by atoms with Crippen molar-refractivity contribution in [3.63, 3.8) is 0 Å². The van der Waals surface area contributed by atoms with Crippen molar-refractivity contribution in [1.29, 1.82) is 0 Å². The zero-order chi connectivity index (χ0) is 14.1. The maximum Gasteiger partial charge on any atom is 0.298 e. The van der Waals surface area contributed by atoms with E-state index in [1.54, 1.807) is 30.3 Å². The van der Waals surface area contributed by atoms with Crippen LogP contribution in [0.15, 0.2) is 53.6 Å². The maximum atomic E-state index is 12.4. The first-order chi connectivity index (χ1) is 9.66. The van der Waals surface area contributed by atoms with Crippen molar-refractivity contribution in [3.05, 3.63) is 59.3 Å². The second-order valence-corrected chi connectivity index (χ2v) is 5.39. The van der Waals surface area contributed by atoms with Crippen LogP contribution in [0.2, 0.25) is 0 Å². The van der Waals surface area contributed by atoms with Gasteiger partial charge in [0, 0.05) is 18.9 Å². The monoisotopic (exact) mass is 284 g/mol. The highest BCUT2D eigenvalue weighted by atomic mass is 32.2. The lowest BCUT2D eigenvalue weighted by atomic mass is 10.3. The first kappa shape index (κ1) is 12.7. The van der Waals surface area contributed by atoms with Crippen molar-refractivity contribution in [2.24, 2.45) is 7.05 Å². The summed E-state index contributed by atoms with van der Waals surface area (Å²) in [6.45, 7) is 0. The summed E-state index contributed by atoms with van der Waals surface area (Å²) in [7, 11) is 1.90. The van der Waals surface area contributed by atoms with E-state index in [4.69, 9.17) is 0 Å². The average molecular weight is 284 g/mol. The Balaban J connectivity index is 1.95. The molecule has 0 aliphatic carbocycles. The molecule has 4 nitrogen and oxygen atoms in total. The summed E-state index contributed by atoms with van der Waals surface area (Å²) in [5.41, 5.74) is 1.49. The first-order valence-corrected chi connectivity index (χ1v) is 6.93. The number of nitrogens with zero attached hydrogens (tertiary/aromatic N) is 2. The minimum Gasteiger partial charge on any atom is -0.351 e. The van der Waals surface area contributed by atoms with E-state index < -0.39 is 0 Å². The fourth-order valence-corrected chi connectivity index (χ4v) is 2.85. The summed E-state index contributed by atoms with van der Waals surface area (Å²) < 4.78 is 1.90. The fraction of sp³-hybridized carbons (Fsp3) is 0.0667. The molecule has 0 spiro atoms. The van der Waals surface area contributed by atoms with Crippen LogP contribution < -0.4 is 4.90 Å². The molecule has 2 aromatic rings. The van der Waals surface area contributed by atoms with Gasteiger partial charge in [-0.1, -0.05) is 18.2 Å². The number of aryl methyl sites for hydroxylation is 1. The third kappa shape index (κ3) is 2.16. The number of hydrogen-bond donors (Lipinski definition) is 0. The lowest BCUT2D eigenvalue weighted by Gasteiger charge is -2.11. The van der Waals surface area contributed by atoms with Crippen LogP contribution >= 0.6 is 11.8 Å². The molecule has 20 heavy (non-hydrogen) atoms. The van der Waals surface area contributed by atoms with E-state index in [1.807, 2.05) is 36.0 Å². The van der Waals surface area contributed by atoms with Gasteiger partial charge in [-0.3, -0.25) is 9.59 Å². The number of amides is 2. The first-order valence-electron chi connectivity index (χ1n) is 6.11. The number of rotatable bonds is 2. The topological polar surface area (TPSA) is 42.3 Å². The number of anilines is 1. The lowest BCUT2D eigenvalue weighted by molar-refractivity contribution is -0.113. The molecule has 0 bridgehead atoms. The Morgan fingerprint density at radius 2 is 1.80 bits per heavy atom. The molecular weight excluding hydrogens is 272 g/mol. The van der Waals surface area contributed by atoms with Crippen molar-refractivity contribution in [1.82, 2.24) is 4.57 Å². The standard InChI is InChI=1S/C15H12N2O2S/c1-16-9-5-8-12(16)10-13-14(18)17(15(19)20-13)11-6-3-2-4-7-11/h2-10H,1H3/b13-10-. The van der Waals surface area contributed by atoms with E-state index in [2.05, 4.69) is 0 Å². The van der Waals surface area contributed by atoms with E-state index >= 15 is 0 Å². The molecular formula is C15H12N2O2S. The third-order valence-corrected chi connectivity index (χ3v) is 3.94. The quantitative estimate of drug-likeness (QED) is 0.795. The second-order valence-electron chi connectivity index (χ2n) is 4.40. The smallest absolute Gasteiger partial charge is 0.298 e. The van der Waals surface area contributed by atoms with Crippen LogP contribution in [0.3, 0.4) is 0 Å². The number of benzene rings is 1. The molecule has 0 atom stereocenters. The van der Waals surface area contributed by atoms with Gasteiger partial charge >= 0.3 is 0 Å². The van der Waals surface area contributed by atoms with Gasteiger partial charge in [-0.15, -0.1) is 0 Å². The molecule has 2 amide bonds. The molecule has 100 valence electrons. The van der Waals surface area contributed by atoms with E-state index in [9.17, 15) is 9.59 Å². The highest BCUT2D eigenvalue weighted by Gasteiger charge is 2.36. The van der Waals surface area contributed by atoms with E-state index in [0.717, 1.165) is 17.5 Å². The number of aromatic nitrogens is 1. The molecule has 2 heterocycles. The summed E-state index contributed by atoms with van der Waals surface area (Å²) in [5.74, 6) is -0.271. The van der Waals surface area contributed by atoms with Gasteiger partial charge in [-0.25, -0.2) is 4.90 Å². The van der Waals surface area contributed by atoms with Crippen LogP contribution in [-0.4, -0.2) is 15.7 Å². The van der Waals surface area contributed by atoms with Gasteiger partial charge in [0.25, 0.3) is 11.1 Å². The zero-order valence-corrected chi connectivity index (χ0v) is 11.6. The molecule has 3 rings (SSSR count). The van der Waals surface area contributed by atoms with Gasteiger partial charge in [-0.05, 0) is 42.1 Å². The summed E-state index contributed by atoms with van der Waals surface area (Å²) in [6.07, 6.45) is 3.64. The van der Waals surface area contributed by atoms with Gasteiger partial charge in [0.15, 0.2) is 0 Å². The number of carbonyl (C=O) groups is 2. The molecule has 0 saturated carbocycles. The molecule has 1 aliphatic rings. The Kier molecular flexibility index (Phi) is 3.20. The fourth-order valence-electron chi connectivity index (χ4n) is 2.03. The van der Waals surface area contributed by atoms with E-state index in [1.165, 1.54) is 4.90 Å². The Bertz CT molecular complexity index is 704. The Morgan fingerprint density at radius 1 is 1.05 bits per heavy atom. The highest BCUT2D eigenvalue weighted by Crippen LogP contribution is 2.35. The van der Waals surface area contributed by atoms with Gasteiger partial charge < -0.3 is 4.57 Å². The predicted molar refractivity (Wildman–Crippen MR) is 80.3 cm³/mol. The SMILES string of the molecule is Cn1cccc1/C=C1\SC(=O)N(c2ccccc2)C1=O. The number of hydrogen-bond acceptors (Lipinski definition) is 3. The van der Waals surface area contributed by atoms with E-state index in [0.29, 0.717) is 10.6 Å². The number of thioether (sulfide) groups is 1. The second kappa shape index (κ2) is 5.02. The average Bonchev–Trinajstić information content (AvgIpc) is 2.96. The lowest BCUT2D eigenvalue weighted by Crippen LogP contribution is -2.27. The molecule has 1 fully saturated rings. The highest BCUT2D eigenvalue weighted by molar-refractivity contribution is 8.19. The summed E-state index contributed by atoms with van der Waals surface area (Å²) in [5, 5.41) is -0.262. The summed E-state index contributed by atoms with van der Waals surface area (Å²) in [6, 6.07) is 12.8. The third-order valence-electron chi connectivity index (χ3n) is 3.07. The maximum absolute atomic E-state index is 12.4. The minimum absolute atomic E-state index is 0.262. The van der Waals surface area contributed by atoms with Crippen molar-refractivity contribution in [2.75, 3.05) is 4.90 Å². The predicted octanol–water partition coefficient (Wildman–Crippen LogP) is 3.27. The molecule has 1 aliphatic heterocycles. The molecule has 0 N–H and O–H groups in total. The van der Waals surface area contributed by atoms with E-state index in [-0.39, 0.29) is 11.1 Å². The molecule has 0 radical (unpaired) electrons. The summed E-state index contributed by atoms with van der Waals surface area (Å²) >= 11 is 0.969. The largest absolute Gasteiger partial charge is 0.351 e. The van der Waals surface area contributed by atoms with Crippen LogP contribution in [-0.2, 0) is 11.8 Å². The molecule has 5 heteroatoms. The van der Waals surface area contributed by atoms with Crippen molar-refractivity contribution < 1.29 is 9.59 Å². The normalized spacial score (nSPS) is 17.2. The Labute approximate surface area is 120 Å². The Hall–Kier alpha value is -2.27. The van der Waals surface area contributed by atoms with Crippen LogP contribution in [0.1, 0.15) is 5.69 Å². The molecule has 0 unspecified atom stereocenters. The van der Waals surface area contributed by atoms with Crippen molar-refractivity contribution >= 4 is 34.7 Å². The molecule has 1 saturated heterocycles. The van der Waals surface area contributed by atoms with Gasteiger partial charge in [0.05, 0.1) is 10.6 Å². The van der Waals surface area contributed by atoms with Crippen LogP contribution in [0.25, 0.3) is 6.08 Å². The van der Waals surface area contributed by atoms with Gasteiger partial charge in [-0.2, -0.15) is 0 Å². The number of para-hydroxylation sites is 1. The molecule has 1 aromatic heterocycles. The Morgan fingerprint density at radius 3 is 2.45 bits per heavy atom. The summed E-state index contributed by atoms with van der Waals surface area (Å²) in [4.78, 5) is 26.0. The van der Waals surface area contributed by atoms with Gasteiger partial charge in [0.2, 0.25) is 0 Å². The van der Waals surface area contributed by atoms with Crippen molar-refractivity contribution in [3.8, 4) is 0 Å². The van der Waals surface area contributed by atoms with Gasteiger partial charge in [0.1, 0.15) is 0 Å². The number of carbonyl (C=O) groups excluding carboxylic acids is 2. The minimum atomic E-state index is -0.271. The van der Waals surface area contributed by atoms with Crippen molar-refractivity contribution in [2.45, 2.75) is 0 Å². The van der Waals surface area contributed by atoms with Crippen LogP contribution in [0.4, 0.5) is 10.5 Å². The zero-order valence-electron chi connectivity index (χ0n) is 10.8. The van der Waals surface area contributed by atoms with Crippen LogP contribution in [0, 0.1) is 0 Å². The number of imide groups is 1.